The van der Waals surface area contributed by atoms with Crippen LogP contribution in [0.5, 0.6) is 0 Å². The molecule has 3 heteroatoms. The summed E-state index contributed by atoms with van der Waals surface area (Å²) in [4.78, 5) is 11.9. The Morgan fingerprint density at radius 2 is 2.17 bits per heavy atom. The minimum absolute atomic E-state index is 0.0507. The highest BCUT2D eigenvalue weighted by Crippen LogP contribution is 2.20. The summed E-state index contributed by atoms with van der Waals surface area (Å²) >= 11 is 0. The lowest BCUT2D eigenvalue weighted by atomic mass is 10.2. The van der Waals surface area contributed by atoms with Crippen LogP contribution in [0.1, 0.15) is 49.4 Å². The van der Waals surface area contributed by atoms with Crippen molar-refractivity contribution >= 4 is 11.6 Å². The highest BCUT2D eigenvalue weighted by atomic mass is 16.1. The molecule has 0 aromatic heterocycles. The molecule has 1 amide bonds. The van der Waals surface area contributed by atoms with E-state index in [4.69, 9.17) is 0 Å². The third-order valence-electron chi connectivity index (χ3n) is 3.15. The molecule has 98 valence electrons. The number of hydrogen-bond donors (Lipinski definition) is 2. The van der Waals surface area contributed by atoms with Crippen LogP contribution in [0.15, 0.2) is 24.3 Å². The van der Waals surface area contributed by atoms with Gasteiger partial charge in [-0.15, -0.1) is 0 Å². The molecule has 1 aliphatic carbocycles. The normalized spacial score (nSPS) is 14.3. The van der Waals surface area contributed by atoms with Gasteiger partial charge in [0, 0.05) is 23.8 Å². The van der Waals surface area contributed by atoms with Crippen LogP contribution >= 0.6 is 0 Å². The summed E-state index contributed by atoms with van der Waals surface area (Å²) in [6.07, 6.45) is 5.90. The van der Waals surface area contributed by atoms with Gasteiger partial charge in [-0.2, -0.15) is 0 Å². The molecule has 2 rings (SSSR count). The number of nitrogens with one attached hydrogen (secondary N) is 2. The van der Waals surface area contributed by atoms with Crippen LogP contribution in [0.25, 0.3) is 0 Å². The van der Waals surface area contributed by atoms with E-state index < -0.39 is 0 Å². The average molecular weight is 246 g/mol. The summed E-state index contributed by atoms with van der Waals surface area (Å²) in [6.45, 7) is 3.17. The first-order chi connectivity index (χ1) is 8.79. The molecule has 1 aromatic rings. The molecule has 18 heavy (non-hydrogen) atoms. The van der Waals surface area contributed by atoms with E-state index in [-0.39, 0.29) is 5.91 Å². The van der Waals surface area contributed by atoms with Gasteiger partial charge < -0.3 is 10.6 Å². The second kappa shape index (κ2) is 6.43. The van der Waals surface area contributed by atoms with Crippen molar-refractivity contribution in [2.24, 2.45) is 0 Å². The topological polar surface area (TPSA) is 41.1 Å². The molecule has 0 bridgehead atoms. The molecular weight excluding hydrogens is 224 g/mol. The number of benzene rings is 1. The van der Waals surface area contributed by atoms with Gasteiger partial charge in [-0.25, -0.2) is 0 Å². The van der Waals surface area contributed by atoms with Gasteiger partial charge >= 0.3 is 0 Å². The van der Waals surface area contributed by atoms with E-state index in [1.807, 2.05) is 24.3 Å². The minimum atomic E-state index is 0.0507. The van der Waals surface area contributed by atoms with E-state index in [1.165, 1.54) is 19.3 Å². The molecule has 0 heterocycles. The molecule has 2 N–H and O–H groups in total. The maximum atomic E-state index is 11.9. The highest BCUT2D eigenvalue weighted by molar-refractivity contribution is 5.95. The standard InChI is InChI=1S/C15H22N2O/c1-2-3-4-10-16-14-7-5-6-12(11-14)15(18)17-13-8-9-13/h5-7,11,13,16H,2-4,8-10H2,1H3,(H,17,18). The minimum Gasteiger partial charge on any atom is -0.385 e. The van der Waals surface area contributed by atoms with Crippen molar-refractivity contribution in [1.82, 2.24) is 5.32 Å². The molecule has 0 atom stereocenters. The lowest BCUT2D eigenvalue weighted by Crippen LogP contribution is -2.25. The number of unbranched alkanes of at least 4 members (excludes halogenated alkanes) is 2. The molecule has 0 spiro atoms. The maximum absolute atomic E-state index is 11.9. The molecule has 1 aromatic carbocycles. The molecule has 0 radical (unpaired) electrons. The Labute approximate surface area is 109 Å². The van der Waals surface area contributed by atoms with E-state index in [0.717, 1.165) is 30.6 Å². The van der Waals surface area contributed by atoms with Crippen molar-refractivity contribution in [2.45, 2.75) is 45.1 Å². The third kappa shape index (κ3) is 4.06. The van der Waals surface area contributed by atoms with Gasteiger partial charge in [0.2, 0.25) is 0 Å². The molecule has 0 saturated heterocycles. The van der Waals surface area contributed by atoms with Crippen LogP contribution in [-0.4, -0.2) is 18.5 Å². The molecule has 0 aliphatic heterocycles. The summed E-state index contributed by atoms with van der Waals surface area (Å²) in [5.41, 5.74) is 1.79. The van der Waals surface area contributed by atoms with Crippen molar-refractivity contribution < 1.29 is 4.79 Å². The number of rotatable bonds is 7. The zero-order valence-electron chi connectivity index (χ0n) is 11.0. The molecule has 1 aliphatic rings. The van der Waals surface area contributed by atoms with Gasteiger partial charge in [-0.3, -0.25) is 4.79 Å². The van der Waals surface area contributed by atoms with E-state index in [1.54, 1.807) is 0 Å². The lowest BCUT2D eigenvalue weighted by molar-refractivity contribution is 0.0951. The number of carbonyl (C=O) groups excluding carboxylic acids is 1. The SMILES string of the molecule is CCCCCNc1cccc(C(=O)NC2CC2)c1. The fourth-order valence-corrected chi connectivity index (χ4v) is 1.87. The number of anilines is 1. The van der Waals surface area contributed by atoms with Crippen molar-refractivity contribution in [3.8, 4) is 0 Å². The largest absolute Gasteiger partial charge is 0.385 e. The fourth-order valence-electron chi connectivity index (χ4n) is 1.87. The number of amides is 1. The van der Waals surface area contributed by atoms with E-state index >= 15 is 0 Å². The lowest BCUT2D eigenvalue weighted by Gasteiger charge is -2.08. The van der Waals surface area contributed by atoms with E-state index in [2.05, 4.69) is 17.6 Å². The van der Waals surface area contributed by atoms with Crippen LogP contribution in [-0.2, 0) is 0 Å². The molecular formula is C15H22N2O. The highest BCUT2D eigenvalue weighted by Gasteiger charge is 2.23. The molecule has 1 saturated carbocycles. The third-order valence-corrected chi connectivity index (χ3v) is 3.15. The monoisotopic (exact) mass is 246 g/mol. The molecule has 3 nitrogen and oxygen atoms in total. The summed E-state index contributed by atoms with van der Waals surface area (Å²) in [7, 11) is 0. The van der Waals surface area contributed by atoms with Gasteiger partial charge in [0.15, 0.2) is 0 Å². The maximum Gasteiger partial charge on any atom is 0.251 e. The summed E-state index contributed by atoms with van der Waals surface area (Å²) in [6, 6.07) is 8.17. The number of hydrogen-bond acceptors (Lipinski definition) is 2. The Balaban J connectivity index is 1.85. The number of carbonyl (C=O) groups is 1. The fraction of sp³-hybridized carbons (Fsp3) is 0.533. The van der Waals surface area contributed by atoms with E-state index in [0.29, 0.717) is 6.04 Å². The summed E-state index contributed by atoms with van der Waals surface area (Å²) in [5.74, 6) is 0.0507. The van der Waals surface area contributed by atoms with Crippen molar-refractivity contribution in [3.63, 3.8) is 0 Å². The van der Waals surface area contributed by atoms with Crippen molar-refractivity contribution in [2.75, 3.05) is 11.9 Å². The Morgan fingerprint density at radius 1 is 1.33 bits per heavy atom. The Morgan fingerprint density at radius 3 is 2.89 bits per heavy atom. The summed E-state index contributed by atoms with van der Waals surface area (Å²) < 4.78 is 0. The first-order valence-corrected chi connectivity index (χ1v) is 6.94. The van der Waals surface area contributed by atoms with Gasteiger partial charge in [0.05, 0.1) is 0 Å². The predicted octanol–water partition coefficient (Wildman–Crippen LogP) is 3.18. The van der Waals surface area contributed by atoms with Gasteiger partial charge in [0.25, 0.3) is 5.91 Å². The summed E-state index contributed by atoms with van der Waals surface area (Å²) in [5, 5.41) is 6.37. The second-order valence-electron chi connectivity index (χ2n) is 4.96. The molecule has 1 fully saturated rings. The van der Waals surface area contributed by atoms with Crippen LogP contribution < -0.4 is 10.6 Å². The van der Waals surface area contributed by atoms with Gasteiger partial charge in [-0.05, 0) is 37.5 Å². The average Bonchev–Trinajstić information content (AvgIpc) is 3.19. The second-order valence-corrected chi connectivity index (χ2v) is 4.96. The van der Waals surface area contributed by atoms with Crippen LogP contribution in [0.2, 0.25) is 0 Å². The molecule has 0 unspecified atom stereocenters. The first-order valence-electron chi connectivity index (χ1n) is 6.94. The van der Waals surface area contributed by atoms with Crippen LogP contribution in [0.3, 0.4) is 0 Å². The Bertz CT molecular complexity index is 399. The zero-order chi connectivity index (χ0) is 12.8. The van der Waals surface area contributed by atoms with E-state index in [9.17, 15) is 4.79 Å². The van der Waals surface area contributed by atoms with Crippen LogP contribution in [0.4, 0.5) is 5.69 Å². The zero-order valence-corrected chi connectivity index (χ0v) is 11.0. The quantitative estimate of drug-likeness (QED) is 0.725. The van der Waals surface area contributed by atoms with Gasteiger partial charge in [0.1, 0.15) is 0 Å². The first kappa shape index (κ1) is 12.9. The Hall–Kier alpha value is -1.51. The smallest absolute Gasteiger partial charge is 0.251 e. The van der Waals surface area contributed by atoms with Crippen molar-refractivity contribution in [3.05, 3.63) is 29.8 Å². The van der Waals surface area contributed by atoms with Crippen molar-refractivity contribution in [1.29, 1.82) is 0 Å². The predicted molar refractivity (Wildman–Crippen MR) is 74.9 cm³/mol. The van der Waals surface area contributed by atoms with Gasteiger partial charge in [-0.1, -0.05) is 25.8 Å². The Kier molecular flexibility index (Phi) is 4.62. The van der Waals surface area contributed by atoms with Crippen LogP contribution in [0, 0.1) is 0 Å².